The Balaban J connectivity index is 2.79. The first-order chi connectivity index (χ1) is 11.0. The molecule has 8 nitrogen and oxygen atoms in total. The van der Waals surface area contributed by atoms with Crippen LogP contribution in [0.1, 0.15) is 17.3 Å². The minimum atomic E-state index is -0.878. The van der Waals surface area contributed by atoms with E-state index in [1.54, 1.807) is 13.2 Å². The van der Waals surface area contributed by atoms with E-state index in [9.17, 15) is 14.7 Å². The molecule has 0 amide bonds. The van der Waals surface area contributed by atoms with E-state index in [0.717, 1.165) is 0 Å². The Morgan fingerprint density at radius 2 is 2.22 bits per heavy atom. The Kier molecular flexibility index (Phi) is 5.56. The number of hydrogen-bond donors (Lipinski definition) is 1. The third-order valence-corrected chi connectivity index (χ3v) is 3.70. The molecule has 0 aromatic carbocycles. The number of fused-ring (bicyclic) bond motifs is 1. The summed E-state index contributed by atoms with van der Waals surface area (Å²) in [6, 6.07) is 0. The largest absolute Gasteiger partial charge is 0.506 e. The lowest BCUT2D eigenvalue weighted by molar-refractivity contribution is 0.0520. The predicted octanol–water partition coefficient (Wildman–Crippen LogP) is 1.04. The number of ether oxygens (including phenoxy) is 2. The molecule has 0 spiro atoms. The van der Waals surface area contributed by atoms with Crippen molar-refractivity contribution in [1.82, 2.24) is 14.5 Å². The summed E-state index contributed by atoms with van der Waals surface area (Å²) in [4.78, 5) is 33.0. The summed E-state index contributed by atoms with van der Waals surface area (Å²) in [5.41, 5.74) is -0.843. The summed E-state index contributed by atoms with van der Waals surface area (Å²) in [7, 11) is 1.50. The number of aromatic nitrogens is 3. The molecule has 23 heavy (non-hydrogen) atoms. The molecule has 1 N–H and O–H groups in total. The molecule has 0 atom stereocenters. The maximum atomic E-state index is 12.6. The molecule has 2 aromatic rings. The number of esters is 1. The molecule has 0 radical (unpaired) electrons. The molecule has 0 unspecified atom stereocenters. The van der Waals surface area contributed by atoms with Crippen molar-refractivity contribution < 1.29 is 19.4 Å². The standard InChI is InChI=1S/C14H17N3O5S/c1-4-22-13(20)9-10(18)8-7-15-14(23-3)16-11(8)17(12(9)19)5-6-21-2/h7,18H,4-6H2,1-3H3. The van der Waals surface area contributed by atoms with Gasteiger partial charge in [-0.05, 0) is 13.2 Å². The highest BCUT2D eigenvalue weighted by molar-refractivity contribution is 7.98. The molecular weight excluding hydrogens is 322 g/mol. The highest BCUT2D eigenvalue weighted by Gasteiger charge is 2.24. The quantitative estimate of drug-likeness (QED) is 0.473. The average molecular weight is 339 g/mol. The van der Waals surface area contributed by atoms with Crippen molar-refractivity contribution in [2.24, 2.45) is 0 Å². The van der Waals surface area contributed by atoms with Crippen LogP contribution in [0, 0.1) is 0 Å². The summed E-state index contributed by atoms with van der Waals surface area (Å²) in [6.07, 6.45) is 3.18. The Morgan fingerprint density at radius 3 is 2.83 bits per heavy atom. The number of pyridine rings is 1. The van der Waals surface area contributed by atoms with Gasteiger partial charge in [-0.2, -0.15) is 0 Å². The third kappa shape index (κ3) is 3.30. The predicted molar refractivity (Wildman–Crippen MR) is 85.1 cm³/mol. The van der Waals surface area contributed by atoms with E-state index >= 15 is 0 Å². The molecule has 2 heterocycles. The van der Waals surface area contributed by atoms with Crippen LogP contribution in [0.5, 0.6) is 5.75 Å². The minimum absolute atomic E-state index is 0.0930. The van der Waals surface area contributed by atoms with Gasteiger partial charge in [0.1, 0.15) is 5.75 Å². The van der Waals surface area contributed by atoms with Crippen LogP contribution in [0.3, 0.4) is 0 Å². The fraction of sp³-hybridized carbons (Fsp3) is 0.429. The van der Waals surface area contributed by atoms with Gasteiger partial charge in [-0.25, -0.2) is 14.8 Å². The summed E-state index contributed by atoms with van der Waals surface area (Å²) < 4.78 is 11.1. The summed E-state index contributed by atoms with van der Waals surface area (Å²) in [6.45, 7) is 2.15. The topological polar surface area (TPSA) is 104 Å². The molecule has 0 aliphatic heterocycles. The van der Waals surface area contributed by atoms with Crippen LogP contribution in [0.4, 0.5) is 0 Å². The first kappa shape index (κ1) is 17.2. The Hall–Kier alpha value is -2.13. The van der Waals surface area contributed by atoms with Gasteiger partial charge in [0.05, 0.1) is 25.1 Å². The monoisotopic (exact) mass is 339 g/mol. The average Bonchev–Trinajstić information content (AvgIpc) is 2.54. The van der Waals surface area contributed by atoms with Crippen LogP contribution in [0.15, 0.2) is 16.1 Å². The van der Waals surface area contributed by atoms with Gasteiger partial charge >= 0.3 is 5.97 Å². The van der Waals surface area contributed by atoms with Crippen LogP contribution < -0.4 is 5.56 Å². The van der Waals surface area contributed by atoms with E-state index in [0.29, 0.717) is 5.16 Å². The number of nitrogens with zero attached hydrogens (tertiary/aromatic N) is 3. The van der Waals surface area contributed by atoms with E-state index < -0.39 is 22.8 Å². The molecule has 0 aliphatic rings. The van der Waals surface area contributed by atoms with Crippen LogP contribution >= 0.6 is 11.8 Å². The normalized spacial score (nSPS) is 10.9. The summed E-state index contributed by atoms with van der Waals surface area (Å²) >= 11 is 1.30. The Labute approximate surface area is 136 Å². The van der Waals surface area contributed by atoms with Gasteiger partial charge in [-0.15, -0.1) is 0 Å². The van der Waals surface area contributed by atoms with Gasteiger partial charge in [-0.3, -0.25) is 9.36 Å². The third-order valence-electron chi connectivity index (χ3n) is 3.13. The lowest BCUT2D eigenvalue weighted by atomic mass is 10.2. The van der Waals surface area contributed by atoms with Gasteiger partial charge < -0.3 is 14.6 Å². The number of carbonyl (C=O) groups is 1. The molecule has 0 saturated heterocycles. The zero-order valence-corrected chi connectivity index (χ0v) is 13.8. The molecule has 2 aromatic heterocycles. The Bertz CT molecular complexity index is 790. The Morgan fingerprint density at radius 1 is 1.48 bits per heavy atom. The van der Waals surface area contributed by atoms with Crippen molar-refractivity contribution in [1.29, 1.82) is 0 Å². The van der Waals surface area contributed by atoms with Crippen LogP contribution in [0.2, 0.25) is 0 Å². The maximum absolute atomic E-state index is 12.6. The first-order valence-electron chi connectivity index (χ1n) is 6.87. The van der Waals surface area contributed by atoms with E-state index in [1.807, 2.05) is 0 Å². The maximum Gasteiger partial charge on any atom is 0.347 e. The number of thioether (sulfide) groups is 1. The van der Waals surface area contributed by atoms with E-state index in [2.05, 4.69) is 9.97 Å². The van der Waals surface area contributed by atoms with E-state index in [-0.39, 0.29) is 30.8 Å². The molecule has 0 saturated carbocycles. The lowest BCUT2D eigenvalue weighted by Gasteiger charge is -2.13. The van der Waals surface area contributed by atoms with Crippen LogP contribution in [0.25, 0.3) is 11.0 Å². The van der Waals surface area contributed by atoms with Crippen molar-refractivity contribution in [3.05, 3.63) is 22.1 Å². The molecule has 124 valence electrons. The lowest BCUT2D eigenvalue weighted by Crippen LogP contribution is -2.29. The van der Waals surface area contributed by atoms with Gasteiger partial charge in [0, 0.05) is 13.3 Å². The minimum Gasteiger partial charge on any atom is -0.506 e. The summed E-state index contributed by atoms with van der Waals surface area (Å²) in [5.74, 6) is -1.35. The van der Waals surface area contributed by atoms with E-state index in [1.165, 1.54) is 29.6 Å². The summed E-state index contributed by atoms with van der Waals surface area (Å²) in [5, 5.41) is 11.0. The van der Waals surface area contributed by atoms with Crippen LogP contribution in [-0.4, -0.2) is 52.2 Å². The zero-order chi connectivity index (χ0) is 17.0. The second kappa shape index (κ2) is 7.42. The zero-order valence-electron chi connectivity index (χ0n) is 13.0. The van der Waals surface area contributed by atoms with Gasteiger partial charge in [0.15, 0.2) is 16.4 Å². The highest BCUT2D eigenvalue weighted by atomic mass is 32.2. The number of methoxy groups -OCH3 is 1. The first-order valence-corrected chi connectivity index (χ1v) is 8.10. The smallest absolute Gasteiger partial charge is 0.347 e. The number of aromatic hydroxyl groups is 1. The number of carbonyl (C=O) groups excluding carboxylic acids is 1. The van der Waals surface area contributed by atoms with Crippen molar-refractivity contribution in [2.45, 2.75) is 18.6 Å². The second-order valence-corrected chi connectivity index (χ2v) is 5.26. The highest BCUT2D eigenvalue weighted by Crippen LogP contribution is 2.26. The fourth-order valence-corrected chi connectivity index (χ4v) is 2.41. The molecule has 0 aliphatic carbocycles. The molecular formula is C14H17N3O5S. The molecule has 0 fully saturated rings. The molecule has 9 heteroatoms. The molecule has 0 bridgehead atoms. The van der Waals surface area contributed by atoms with Gasteiger partial charge in [0.2, 0.25) is 0 Å². The van der Waals surface area contributed by atoms with E-state index in [4.69, 9.17) is 9.47 Å². The van der Waals surface area contributed by atoms with Gasteiger partial charge in [-0.1, -0.05) is 11.8 Å². The van der Waals surface area contributed by atoms with Crippen molar-refractivity contribution in [3.8, 4) is 5.75 Å². The van der Waals surface area contributed by atoms with Gasteiger partial charge in [0.25, 0.3) is 5.56 Å². The number of hydrogen-bond acceptors (Lipinski definition) is 8. The number of rotatable bonds is 6. The van der Waals surface area contributed by atoms with Crippen molar-refractivity contribution >= 4 is 28.8 Å². The fourth-order valence-electron chi connectivity index (χ4n) is 2.07. The van der Waals surface area contributed by atoms with Crippen LogP contribution in [-0.2, 0) is 16.0 Å². The van der Waals surface area contributed by atoms with Crippen molar-refractivity contribution in [2.75, 3.05) is 26.6 Å². The second-order valence-electron chi connectivity index (χ2n) is 4.49. The molecule has 2 rings (SSSR count). The van der Waals surface area contributed by atoms with Crippen molar-refractivity contribution in [3.63, 3.8) is 0 Å². The SMILES string of the molecule is CCOC(=O)c1c(O)c2cnc(SC)nc2n(CCOC)c1=O.